The van der Waals surface area contributed by atoms with Crippen LogP contribution in [0.5, 0.6) is 0 Å². The van der Waals surface area contributed by atoms with Crippen LogP contribution in [0.15, 0.2) is 0 Å². The average molecular weight is 211 g/mol. The third-order valence-electron chi connectivity index (χ3n) is 4.39. The first-order valence-electron chi connectivity index (χ1n) is 6.65. The normalized spacial score (nSPS) is 28.4. The first-order chi connectivity index (χ1) is 7.20. The third-order valence-corrected chi connectivity index (χ3v) is 4.39. The van der Waals surface area contributed by atoms with Gasteiger partial charge in [0.2, 0.25) is 0 Å². The minimum atomic E-state index is -0.358. The van der Waals surface area contributed by atoms with E-state index in [-0.39, 0.29) is 5.60 Å². The van der Waals surface area contributed by atoms with E-state index in [9.17, 15) is 5.11 Å². The quantitative estimate of drug-likeness (QED) is 0.748. The van der Waals surface area contributed by atoms with Crippen molar-refractivity contribution in [2.24, 2.45) is 5.92 Å². The average Bonchev–Trinajstić information content (AvgIpc) is 2.24. The van der Waals surface area contributed by atoms with E-state index < -0.39 is 0 Å². The Hall–Kier alpha value is -0.0800. The lowest BCUT2D eigenvalue weighted by Crippen LogP contribution is -2.49. The Morgan fingerprint density at radius 2 is 1.87 bits per heavy atom. The molecule has 0 bridgehead atoms. The van der Waals surface area contributed by atoms with Crippen molar-refractivity contribution in [3.05, 3.63) is 0 Å². The predicted molar refractivity (Wildman–Crippen MR) is 62.8 cm³/mol. The Bertz CT molecular complexity index is 195. The molecule has 2 N–H and O–H groups in total. The van der Waals surface area contributed by atoms with Crippen molar-refractivity contribution in [2.45, 2.75) is 69.9 Å². The van der Waals surface area contributed by atoms with Crippen LogP contribution in [0, 0.1) is 5.92 Å². The zero-order valence-corrected chi connectivity index (χ0v) is 9.97. The summed E-state index contributed by atoms with van der Waals surface area (Å²) in [6, 6.07) is 0.593. The van der Waals surface area contributed by atoms with Crippen LogP contribution < -0.4 is 5.32 Å². The van der Waals surface area contributed by atoms with Crippen LogP contribution >= 0.6 is 0 Å². The van der Waals surface area contributed by atoms with Crippen molar-refractivity contribution >= 4 is 0 Å². The summed E-state index contributed by atoms with van der Waals surface area (Å²) < 4.78 is 0. The summed E-state index contributed by atoms with van der Waals surface area (Å²) in [4.78, 5) is 0. The Balaban J connectivity index is 1.69. The summed E-state index contributed by atoms with van der Waals surface area (Å²) in [5.41, 5.74) is -0.358. The maximum Gasteiger partial charge on any atom is 0.0771 e. The molecular formula is C13H25NO. The van der Waals surface area contributed by atoms with E-state index in [4.69, 9.17) is 0 Å². The van der Waals surface area contributed by atoms with Gasteiger partial charge in [-0.1, -0.05) is 19.3 Å². The van der Waals surface area contributed by atoms with E-state index in [0.717, 1.165) is 25.3 Å². The fourth-order valence-electron chi connectivity index (χ4n) is 2.91. The highest BCUT2D eigenvalue weighted by Gasteiger charge is 2.34. The smallest absolute Gasteiger partial charge is 0.0771 e. The molecule has 2 rings (SSSR count). The number of rotatable bonds is 4. The molecular weight excluding hydrogens is 186 g/mol. The van der Waals surface area contributed by atoms with E-state index in [1.54, 1.807) is 0 Å². The van der Waals surface area contributed by atoms with Gasteiger partial charge in [0.05, 0.1) is 5.60 Å². The lowest BCUT2D eigenvalue weighted by Gasteiger charge is -2.39. The number of hydrogen-bond acceptors (Lipinski definition) is 2. The Morgan fingerprint density at radius 3 is 2.40 bits per heavy atom. The minimum Gasteiger partial charge on any atom is -0.389 e. The van der Waals surface area contributed by atoms with Gasteiger partial charge in [-0.05, 0) is 44.9 Å². The summed E-state index contributed by atoms with van der Waals surface area (Å²) in [6.07, 6.45) is 10.2. The zero-order chi connectivity index (χ0) is 10.7. The second-order valence-electron chi connectivity index (χ2n) is 5.65. The summed E-state index contributed by atoms with van der Waals surface area (Å²) in [7, 11) is 0. The van der Waals surface area contributed by atoms with Crippen molar-refractivity contribution in [3.8, 4) is 0 Å². The van der Waals surface area contributed by atoms with E-state index in [1.807, 2.05) is 0 Å². The number of aliphatic hydroxyl groups is 1. The largest absolute Gasteiger partial charge is 0.389 e. The van der Waals surface area contributed by atoms with Gasteiger partial charge < -0.3 is 10.4 Å². The molecule has 1 unspecified atom stereocenters. The maximum absolute atomic E-state index is 9.99. The van der Waals surface area contributed by atoms with E-state index >= 15 is 0 Å². The molecule has 2 aliphatic carbocycles. The van der Waals surface area contributed by atoms with Crippen LogP contribution in [0.25, 0.3) is 0 Å². The molecule has 0 radical (unpaired) electrons. The van der Waals surface area contributed by atoms with Gasteiger partial charge in [-0.3, -0.25) is 0 Å². The van der Waals surface area contributed by atoms with Gasteiger partial charge in [0.15, 0.2) is 0 Å². The van der Waals surface area contributed by atoms with Crippen LogP contribution in [0.4, 0.5) is 0 Å². The molecule has 2 saturated carbocycles. The third kappa shape index (κ3) is 2.94. The molecule has 0 amide bonds. The van der Waals surface area contributed by atoms with E-state index in [0.29, 0.717) is 6.04 Å². The molecule has 0 aromatic heterocycles. The topological polar surface area (TPSA) is 32.3 Å². The Kier molecular flexibility index (Phi) is 3.68. The lowest BCUT2D eigenvalue weighted by molar-refractivity contribution is -0.0344. The molecule has 0 spiro atoms. The molecule has 15 heavy (non-hydrogen) atoms. The van der Waals surface area contributed by atoms with Gasteiger partial charge in [-0.25, -0.2) is 0 Å². The highest BCUT2D eigenvalue weighted by Crippen LogP contribution is 2.31. The SMILES string of the molecule is CC(NCC1(O)CCC1)C1CCCCC1. The molecule has 0 aliphatic heterocycles. The molecule has 88 valence electrons. The van der Waals surface area contributed by atoms with Gasteiger partial charge in [-0.15, -0.1) is 0 Å². The fourth-order valence-corrected chi connectivity index (χ4v) is 2.91. The summed E-state index contributed by atoms with van der Waals surface area (Å²) in [5.74, 6) is 0.849. The molecule has 2 nitrogen and oxygen atoms in total. The molecule has 0 heterocycles. The van der Waals surface area contributed by atoms with E-state index in [1.165, 1.54) is 38.5 Å². The van der Waals surface area contributed by atoms with Crippen molar-refractivity contribution < 1.29 is 5.11 Å². The highest BCUT2D eigenvalue weighted by molar-refractivity contribution is 4.90. The summed E-state index contributed by atoms with van der Waals surface area (Å²) in [5, 5.41) is 13.5. The summed E-state index contributed by atoms with van der Waals surface area (Å²) in [6.45, 7) is 3.10. The van der Waals surface area contributed by atoms with Crippen molar-refractivity contribution in [3.63, 3.8) is 0 Å². The Labute approximate surface area is 93.5 Å². The second kappa shape index (κ2) is 4.84. The van der Waals surface area contributed by atoms with Crippen LogP contribution in [0.1, 0.15) is 58.3 Å². The molecule has 2 heteroatoms. The second-order valence-corrected chi connectivity index (χ2v) is 5.65. The van der Waals surface area contributed by atoms with Crippen LogP contribution in [-0.2, 0) is 0 Å². The van der Waals surface area contributed by atoms with Gasteiger partial charge >= 0.3 is 0 Å². The van der Waals surface area contributed by atoms with Crippen LogP contribution in [-0.4, -0.2) is 23.3 Å². The zero-order valence-electron chi connectivity index (χ0n) is 9.97. The monoisotopic (exact) mass is 211 g/mol. The van der Waals surface area contributed by atoms with Crippen LogP contribution in [0.2, 0.25) is 0 Å². The Morgan fingerprint density at radius 1 is 1.20 bits per heavy atom. The highest BCUT2D eigenvalue weighted by atomic mass is 16.3. The standard InChI is InChI=1S/C13H25NO/c1-11(12-6-3-2-4-7-12)14-10-13(15)8-5-9-13/h11-12,14-15H,2-10H2,1H3. The molecule has 1 atom stereocenters. The van der Waals surface area contributed by atoms with Crippen molar-refractivity contribution in [1.82, 2.24) is 5.32 Å². The van der Waals surface area contributed by atoms with Crippen molar-refractivity contribution in [1.29, 1.82) is 0 Å². The van der Waals surface area contributed by atoms with Gasteiger partial charge in [-0.2, -0.15) is 0 Å². The van der Waals surface area contributed by atoms with Gasteiger partial charge in [0.1, 0.15) is 0 Å². The number of nitrogens with one attached hydrogen (secondary N) is 1. The van der Waals surface area contributed by atoms with E-state index in [2.05, 4.69) is 12.2 Å². The summed E-state index contributed by atoms with van der Waals surface area (Å²) >= 11 is 0. The maximum atomic E-state index is 9.99. The lowest BCUT2D eigenvalue weighted by atomic mass is 9.79. The van der Waals surface area contributed by atoms with Crippen LogP contribution in [0.3, 0.4) is 0 Å². The van der Waals surface area contributed by atoms with Gasteiger partial charge in [0.25, 0.3) is 0 Å². The van der Waals surface area contributed by atoms with Crippen molar-refractivity contribution in [2.75, 3.05) is 6.54 Å². The van der Waals surface area contributed by atoms with Gasteiger partial charge in [0, 0.05) is 12.6 Å². The first-order valence-corrected chi connectivity index (χ1v) is 6.65. The molecule has 2 fully saturated rings. The molecule has 0 aromatic rings. The molecule has 0 aromatic carbocycles. The molecule has 2 aliphatic rings. The molecule has 0 saturated heterocycles. The first kappa shape index (κ1) is 11.4. The fraction of sp³-hybridized carbons (Fsp3) is 1.00. The number of hydrogen-bond donors (Lipinski definition) is 2. The minimum absolute atomic E-state index is 0.358. The predicted octanol–water partition coefficient (Wildman–Crippen LogP) is 2.46.